The summed E-state index contributed by atoms with van der Waals surface area (Å²) in [4.78, 5) is 15.2. The van der Waals surface area contributed by atoms with Crippen molar-refractivity contribution < 1.29 is 9.53 Å². The summed E-state index contributed by atoms with van der Waals surface area (Å²) in [6.07, 6.45) is 0. The lowest BCUT2D eigenvalue weighted by Crippen LogP contribution is -2.47. The van der Waals surface area contributed by atoms with Crippen molar-refractivity contribution in [1.29, 1.82) is 0 Å². The van der Waals surface area contributed by atoms with Crippen molar-refractivity contribution in [3.8, 4) is 0 Å². The van der Waals surface area contributed by atoms with Gasteiger partial charge in [0.2, 0.25) is 0 Å². The van der Waals surface area contributed by atoms with Gasteiger partial charge in [0.25, 0.3) is 0 Å². The van der Waals surface area contributed by atoms with Gasteiger partial charge in [-0.05, 0) is 50.5 Å². The van der Waals surface area contributed by atoms with Gasteiger partial charge in [-0.25, -0.2) is 4.79 Å². The molecule has 3 nitrogen and oxygen atoms in total. The monoisotopic (exact) mass is 417 g/mol. The third-order valence-electron chi connectivity index (χ3n) is 4.00. The van der Waals surface area contributed by atoms with Crippen LogP contribution in [0.3, 0.4) is 0 Å². The smallest absolute Gasteiger partial charge is 0.329 e. The van der Waals surface area contributed by atoms with Gasteiger partial charge >= 0.3 is 5.97 Å². The van der Waals surface area contributed by atoms with Crippen LogP contribution in [0.1, 0.15) is 40.2 Å². The van der Waals surface area contributed by atoms with E-state index in [-0.39, 0.29) is 17.9 Å². The van der Waals surface area contributed by atoms with Gasteiger partial charge in [-0.15, -0.1) is 0 Å². The molecule has 2 rings (SSSR count). The highest BCUT2D eigenvalue weighted by molar-refractivity contribution is 9.10. The number of carbonyl (C=O) groups excluding carboxylic acids is 1. The molecule has 26 heavy (non-hydrogen) atoms. The van der Waals surface area contributed by atoms with E-state index >= 15 is 0 Å². The number of rotatable bonds is 6. The van der Waals surface area contributed by atoms with Crippen molar-refractivity contribution in [3.63, 3.8) is 0 Å². The van der Waals surface area contributed by atoms with Crippen molar-refractivity contribution in [2.45, 2.75) is 52.8 Å². The Labute approximate surface area is 165 Å². The molecule has 0 saturated carbocycles. The number of nitrogens with zero attached hydrogens (tertiary/aromatic N) is 1. The van der Waals surface area contributed by atoms with Crippen LogP contribution in [0.15, 0.2) is 59.1 Å². The zero-order valence-corrected chi connectivity index (χ0v) is 17.8. The zero-order chi connectivity index (χ0) is 19.3. The molecule has 2 aromatic rings. The Morgan fingerprint density at radius 2 is 1.62 bits per heavy atom. The Morgan fingerprint density at radius 3 is 2.15 bits per heavy atom. The molecule has 0 aromatic heterocycles. The van der Waals surface area contributed by atoms with Gasteiger partial charge in [0.05, 0.1) is 0 Å². The number of hydrogen-bond acceptors (Lipinski definition) is 3. The fourth-order valence-electron chi connectivity index (χ4n) is 2.90. The number of benzene rings is 2. The molecule has 0 fully saturated rings. The van der Waals surface area contributed by atoms with E-state index in [0.29, 0.717) is 6.54 Å². The van der Waals surface area contributed by atoms with Gasteiger partial charge in [0.15, 0.2) is 0 Å². The standard InChI is InChI=1S/C22H28BrNO2/c1-16(2)20(21(25)26-22(3,4)5)24(18-12-7-6-8-13-18)15-17-11-9-10-14-19(17)23/h6-14,16,20H,15H2,1-5H3. The minimum atomic E-state index is -0.514. The molecule has 1 atom stereocenters. The minimum Gasteiger partial charge on any atom is -0.458 e. The number of hydrogen-bond donors (Lipinski definition) is 0. The molecule has 0 heterocycles. The van der Waals surface area contributed by atoms with Gasteiger partial charge in [0, 0.05) is 16.7 Å². The molecule has 0 spiro atoms. The van der Waals surface area contributed by atoms with E-state index < -0.39 is 5.60 Å². The Bertz CT molecular complexity index is 722. The Morgan fingerprint density at radius 1 is 1.04 bits per heavy atom. The minimum absolute atomic E-state index is 0.104. The predicted molar refractivity (Wildman–Crippen MR) is 111 cm³/mol. The van der Waals surface area contributed by atoms with E-state index in [9.17, 15) is 4.79 Å². The summed E-state index contributed by atoms with van der Waals surface area (Å²) in [7, 11) is 0. The topological polar surface area (TPSA) is 29.5 Å². The first-order valence-corrected chi connectivity index (χ1v) is 9.76. The second-order valence-electron chi connectivity index (χ2n) is 7.78. The van der Waals surface area contributed by atoms with E-state index in [4.69, 9.17) is 4.74 Å². The maximum Gasteiger partial charge on any atom is 0.329 e. The molecule has 0 amide bonds. The number of halogens is 1. The van der Waals surface area contributed by atoms with Crippen molar-refractivity contribution in [2.75, 3.05) is 4.90 Å². The van der Waals surface area contributed by atoms with Crippen LogP contribution in [0.5, 0.6) is 0 Å². The summed E-state index contributed by atoms with van der Waals surface area (Å²) in [5.74, 6) is -0.0871. The molecule has 140 valence electrons. The fraction of sp³-hybridized carbons (Fsp3) is 0.409. The second-order valence-corrected chi connectivity index (χ2v) is 8.63. The Hall–Kier alpha value is -1.81. The van der Waals surface area contributed by atoms with Crippen molar-refractivity contribution in [3.05, 3.63) is 64.6 Å². The zero-order valence-electron chi connectivity index (χ0n) is 16.2. The highest BCUT2D eigenvalue weighted by Crippen LogP contribution is 2.28. The first-order chi connectivity index (χ1) is 12.2. The molecule has 0 saturated heterocycles. The summed E-state index contributed by atoms with van der Waals surface area (Å²) in [5.41, 5.74) is 1.62. The van der Waals surface area contributed by atoms with Crippen LogP contribution < -0.4 is 4.90 Å². The van der Waals surface area contributed by atoms with Gasteiger partial charge in [-0.2, -0.15) is 0 Å². The number of para-hydroxylation sites is 1. The summed E-state index contributed by atoms with van der Waals surface area (Å²) in [5, 5.41) is 0. The van der Waals surface area contributed by atoms with Crippen LogP contribution in [0, 0.1) is 5.92 Å². The lowest BCUT2D eigenvalue weighted by Gasteiger charge is -2.36. The van der Waals surface area contributed by atoms with Gasteiger partial charge < -0.3 is 9.64 Å². The maximum absolute atomic E-state index is 13.0. The molecule has 1 unspecified atom stereocenters. The lowest BCUT2D eigenvalue weighted by atomic mass is 10.00. The van der Waals surface area contributed by atoms with Crippen LogP contribution in [-0.2, 0) is 16.1 Å². The first-order valence-electron chi connectivity index (χ1n) is 8.97. The summed E-state index contributed by atoms with van der Waals surface area (Å²) < 4.78 is 6.77. The predicted octanol–water partition coefficient (Wildman–Crippen LogP) is 5.82. The van der Waals surface area contributed by atoms with E-state index in [1.165, 1.54) is 0 Å². The number of anilines is 1. The SMILES string of the molecule is CC(C)C(C(=O)OC(C)(C)C)N(Cc1ccccc1Br)c1ccccc1. The average molecular weight is 418 g/mol. The molecular formula is C22H28BrNO2. The van der Waals surface area contributed by atoms with Gasteiger partial charge in [-0.3, -0.25) is 0 Å². The molecule has 0 aliphatic rings. The summed E-state index contributed by atoms with van der Waals surface area (Å²) in [6.45, 7) is 10.5. The van der Waals surface area contributed by atoms with E-state index in [1.807, 2.05) is 69.3 Å². The molecule has 0 radical (unpaired) electrons. The van der Waals surface area contributed by atoms with E-state index in [1.54, 1.807) is 0 Å². The molecule has 0 aliphatic heterocycles. The summed E-state index contributed by atoms with van der Waals surface area (Å²) >= 11 is 3.63. The largest absolute Gasteiger partial charge is 0.458 e. The number of carbonyl (C=O) groups is 1. The van der Waals surface area contributed by atoms with E-state index in [2.05, 4.69) is 40.7 Å². The van der Waals surface area contributed by atoms with Crippen LogP contribution >= 0.6 is 15.9 Å². The van der Waals surface area contributed by atoms with Crippen LogP contribution in [-0.4, -0.2) is 17.6 Å². The fourth-order valence-corrected chi connectivity index (χ4v) is 3.31. The second kappa shape index (κ2) is 8.72. The number of ether oxygens (including phenoxy) is 1. The maximum atomic E-state index is 13.0. The molecule has 0 N–H and O–H groups in total. The van der Waals surface area contributed by atoms with Crippen molar-refractivity contribution >= 4 is 27.6 Å². The van der Waals surface area contributed by atoms with E-state index in [0.717, 1.165) is 15.7 Å². The molecule has 2 aromatic carbocycles. The highest BCUT2D eigenvalue weighted by atomic mass is 79.9. The molecule has 0 bridgehead atoms. The van der Waals surface area contributed by atoms with Crippen LogP contribution in [0.25, 0.3) is 0 Å². The number of esters is 1. The molecular weight excluding hydrogens is 390 g/mol. The third kappa shape index (κ3) is 5.60. The van der Waals surface area contributed by atoms with Gasteiger partial charge in [-0.1, -0.05) is 66.2 Å². The first kappa shape index (κ1) is 20.5. The van der Waals surface area contributed by atoms with Gasteiger partial charge in [0.1, 0.15) is 11.6 Å². The third-order valence-corrected chi connectivity index (χ3v) is 4.78. The molecule has 0 aliphatic carbocycles. The quantitative estimate of drug-likeness (QED) is 0.554. The lowest BCUT2D eigenvalue weighted by molar-refractivity contribution is -0.157. The Kier molecular flexibility index (Phi) is 6.87. The average Bonchev–Trinajstić information content (AvgIpc) is 2.55. The van der Waals surface area contributed by atoms with Crippen LogP contribution in [0.4, 0.5) is 5.69 Å². The van der Waals surface area contributed by atoms with Crippen molar-refractivity contribution in [2.24, 2.45) is 5.92 Å². The van der Waals surface area contributed by atoms with Crippen molar-refractivity contribution in [1.82, 2.24) is 0 Å². The Balaban J connectivity index is 2.43. The summed E-state index contributed by atoms with van der Waals surface area (Å²) in [6, 6.07) is 17.8. The molecule has 4 heteroatoms. The van der Waals surface area contributed by atoms with Crippen LogP contribution in [0.2, 0.25) is 0 Å². The highest BCUT2D eigenvalue weighted by Gasteiger charge is 2.33. The normalized spacial score (nSPS) is 12.7.